The lowest BCUT2D eigenvalue weighted by molar-refractivity contribution is 0.631. The van der Waals surface area contributed by atoms with Crippen molar-refractivity contribution in [2.45, 2.75) is 0 Å². The molecule has 4 nitrogen and oxygen atoms in total. The molecule has 0 amide bonds. The van der Waals surface area contributed by atoms with Gasteiger partial charge in [0.05, 0.1) is 10.7 Å². The summed E-state index contributed by atoms with van der Waals surface area (Å²) in [5, 5.41) is 4.54. The molecule has 0 aliphatic carbocycles. The van der Waals surface area contributed by atoms with Gasteiger partial charge in [0.15, 0.2) is 0 Å². The fourth-order valence-electron chi connectivity index (χ4n) is 2.64. The van der Waals surface area contributed by atoms with Crippen LogP contribution in [0, 0.1) is 5.82 Å². The van der Waals surface area contributed by atoms with E-state index in [2.05, 4.69) is 31.0 Å². The predicted molar refractivity (Wildman–Crippen MR) is 94.3 cm³/mol. The van der Waals surface area contributed by atoms with Gasteiger partial charge in [0.2, 0.25) is 0 Å². The van der Waals surface area contributed by atoms with E-state index in [1.54, 1.807) is 16.6 Å². The Kier molecular flexibility index (Phi) is 3.78. The van der Waals surface area contributed by atoms with Crippen molar-refractivity contribution in [3.8, 4) is 22.4 Å². The Balaban J connectivity index is 2.18. The molecule has 2 heterocycles. The number of halogens is 3. The van der Waals surface area contributed by atoms with Crippen LogP contribution in [0.1, 0.15) is 0 Å². The highest BCUT2D eigenvalue weighted by Crippen LogP contribution is 2.41. The molecular formula is C17H9BrClFN4. The van der Waals surface area contributed by atoms with Gasteiger partial charge in [-0.15, -0.1) is 0 Å². The van der Waals surface area contributed by atoms with E-state index in [0.717, 1.165) is 5.56 Å². The van der Waals surface area contributed by atoms with Crippen LogP contribution in [0.25, 0.3) is 28.2 Å². The van der Waals surface area contributed by atoms with Crippen LogP contribution in [0.4, 0.5) is 4.39 Å². The number of benzene rings is 2. The second-order valence-corrected chi connectivity index (χ2v) is 6.22. The van der Waals surface area contributed by atoms with E-state index in [4.69, 9.17) is 11.6 Å². The predicted octanol–water partition coefficient (Wildman–Crippen LogP) is 5.01. The highest BCUT2D eigenvalue weighted by atomic mass is 79.9. The van der Waals surface area contributed by atoms with E-state index in [1.165, 1.54) is 12.4 Å². The van der Waals surface area contributed by atoms with Crippen LogP contribution in [-0.2, 0) is 0 Å². The molecular weight excluding hydrogens is 395 g/mol. The van der Waals surface area contributed by atoms with Crippen molar-refractivity contribution in [1.29, 1.82) is 0 Å². The normalized spacial score (nSPS) is 11.1. The minimum absolute atomic E-state index is 0.273. The number of fused-ring (bicyclic) bond motifs is 1. The summed E-state index contributed by atoms with van der Waals surface area (Å²) in [6.07, 6.45) is 1.41. The second kappa shape index (κ2) is 5.96. The van der Waals surface area contributed by atoms with Gasteiger partial charge in [-0.1, -0.05) is 48.0 Å². The quantitative estimate of drug-likeness (QED) is 0.442. The van der Waals surface area contributed by atoms with Gasteiger partial charge in [0, 0.05) is 16.7 Å². The van der Waals surface area contributed by atoms with Crippen molar-refractivity contribution in [2.75, 3.05) is 0 Å². The molecule has 0 radical (unpaired) electrons. The SMILES string of the molecule is Fc1cccc(Cl)c1-c1c(Br)nc2ncnn2c1-c1ccccc1. The monoisotopic (exact) mass is 402 g/mol. The number of hydrogen-bond donors (Lipinski definition) is 0. The van der Waals surface area contributed by atoms with Gasteiger partial charge < -0.3 is 0 Å². The van der Waals surface area contributed by atoms with Crippen LogP contribution in [0.5, 0.6) is 0 Å². The van der Waals surface area contributed by atoms with Gasteiger partial charge in [-0.25, -0.2) is 9.37 Å². The first-order valence-electron chi connectivity index (χ1n) is 7.06. The van der Waals surface area contributed by atoms with Crippen LogP contribution in [-0.4, -0.2) is 19.6 Å². The van der Waals surface area contributed by atoms with Gasteiger partial charge in [-0.05, 0) is 28.1 Å². The highest BCUT2D eigenvalue weighted by Gasteiger charge is 2.22. The zero-order valence-electron chi connectivity index (χ0n) is 12.1. The minimum atomic E-state index is -0.429. The zero-order valence-corrected chi connectivity index (χ0v) is 14.5. The minimum Gasteiger partial charge on any atom is -0.206 e. The van der Waals surface area contributed by atoms with Crippen molar-refractivity contribution < 1.29 is 4.39 Å². The van der Waals surface area contributed by atoms with E-state index < -0.39 is 5.82 Å². The third-order valence-electron chi connectivity index (χ3n) is 3.64. The van der Waals surface area contributed by atoms with Crippen LogP contribution in [0.3, 0.4) is 0 Å². The van der Waals surface area contributed by atoms with E-state index in [0.29, 0.717) is 26.7 Å². The molecule has 0 saturated carbocycles. The van der Waals surface area contributed by atoms with E-state index >= 15 is 0 Å². The summed E-state index contributed by atoms with van der Waals surface area (Å²) >= 11 is 9.72. The molecule has 2 aromatic carbocycles. The molecule has 4 aromatic rings. The van der Waals surface area contributed by atoms with Gasteiger partial charge in [-0.3, -0.25) is 0 Å². The average Bonchev–Trinajstić information content (AvgIpc) is 3.03. The Morgan fingerprint density at radius 1 is 1.00 bits per heavy atom. The van der Waals surface area contributed by atoms with Crippen molar-refractivity contribution in [2.24, 2.45) is 0 Å². The number of hydrogen-bond acceptors (Lipinski definition) is 3. The average molecular weight is 404 g/mol. The molecule has 24 heavy (non-hydrogen) atoms. The molecule has 118 valence electrons. The first-order chi connectivity index (χ1) is 11.7. The van der Waals surface area contributed by atoms with E-state index in [-0.39, 0.29) is 5.56 Å². The third-order valence-corrected chi connectivity index (χ3v) is 4.53. The molecule has 0 atom stereocenters. The maximum atomic E-state index is 14.6. The lowest BCUT2D eigenvalue weighted by Crippen LogP contribution is -2.03. The van der Waals surface area contributed by atoms with E-state index in [9.17, 15) is 4.39 Å². The number of rotatable bonds is 2. The molecule has 7 heteroatoms. The Bertz CT molecular complexity index is 1030. The van der Waals surface area contributed by atoms with Crippen molar-refractivity contribution in [3.63, 3.8) is 0 Å². The standard InChI is InChI=1S/C17H9BrClFN4/c18-16-14(13-11(19)7-4-8-12(13)20)15(10-5-2-1-3-6-10)24-17(23-16)21-9-22-24/h1-9H. The molecule has 0 spiro atoms. The molecule has 0 aliphatic rings. The fourth-order valence-corrected chi connectivity index (χ4v) is 3.44. The summed E-state index contributed by atoms with van der Waals surface area (Å²) in [7, 11) is 0. The molecule has 0 N–H and O–H groups in total. The molecule has 0 bridgehead atoms. The van der Waals surface area contributed by atoms with Crippen LogP contribution >= 0.6 is 27.5 Å². The van der Waals surface area contributed by atoms with Crippen LogP contribution < -0.4 is 0 Å². The summed E-state index contributed by atoms with van der Waals surface area (Å²) in [6.45, 7) is 0. The van der Waals surface area contributed by atoms with Crippen LogP contribution in [0.15, 0.2) is 59.5 Å². The Morgan fingerprint density at radius 2 is 1.79 bits per heavy atom. The van der Waals surface area contributed by atoms with Crippen LogP contribution in [0.2, 0.25) is 5.02 Å². The summed E-state index contributed by atoms with van der Waals surface area (Å²) in [6, 6.07) is 14.1. The van der Waals surface area contributed by atoms with Crippen molar-refractivity contribution in [3.05, 3.63) is 70.3 Å². The van der Waals surface area contributed by atoms with Crippen molar-refractivity contribution >= 4 is 33.3 Å². The highest BCUT2D eigenvalue weighted by molar-refractivity contribution is 9.10. The summed E-state index contributed by atoms with van der Waals surface area (Å²) in [4.78, 5) is 8.49. The second-order valence-electron chi connectivity index (χ2n) is 5.06. The maximum Gasteiger partial charge on any atom is 0.253 e. The Hall–Kier alpha value is -2.31. The fraction of sp³-hybridized carbons (Fsp3) is 0. The lowest BCUT2D eigenvalue weighted by atomic mass is 10.00. The molecule has 0 saturated heterocycles. The topological polar surface area (TPSA) is 43.1 Å². The molecule has 0 fully saturated rings. The number of aromatic nitrogens is 4. The first-order valence-corrected chi connectivity index (χ1v) is 8.23. The third kappa shape index (κ3) is 2.39. The molecule has 2 aromatic heterocycles. The summed E-state index contributed by atoms with van der Waals surface area (Å²) in [5.74, 6) is -0.0152. The summed E-state index contributed by atoms with van der Waals surface area (Å²) < 4.78 is 16.6. The zero-order chi connectivity index (χ0) is 16.7. The molecule has 4 rings (SSSR count). The lowest BCUT2D eigenvalue weighted by Gasteiger charge is -2.15. The van der Waals surface area contributed by atoms with Crippen molar-refractivity contribution in [1.82, 2.24) is 19.6 Å². The van der Waals surface area contributed by atoms with Gasteiger partial charge in [0.25, 0.3) is 5.78 Å². The Morgan fingerprint density at radius 3 is 2.54 bits per heavy atom. The van der Waals surface area contributed by atoms with Gasteiger partial charge >= 0.3 is 0 Å². The first kappa shape index (κ1) is 15.2. The number of nitrogens with zero attached hydrogens (tertiary/aromatic N) is 4. The van der Waals surface area contributed by atoms with Gasteiger partial charge in [0.1, 0.15) is 16.7 Å². The Labute approximate surface area is 150 Å². The molecule has 0 unspecified atom stereocenters. The summed E-state index contributed by atoms with van der Waals surface area (Å²) in [5.41, 5.74) is 2.32. The molecule has 0 aliphatic heterocycles. The van der Waals surface area contributed by atoms with E-state index in [1.807, 2.05) is 30.3 Å². The smallest absolute Gasteiger partial charge is 0.206 e. The largest absolute Gasteiger partial charge is 0.253 e. The van der Waals surface area contributed by atoms with Gasteiger partial charge in [-0.2, -0.15) is 14.6 Å². The maximum absolute atomic E-state index is 14.6.